The van der Waals surface area contributed by atoms with Gasteiger partial charge in [-0.25, -0.2) is 9.89 Å². The van der Waals surface area contributed by atoms with Crippen molar-refractivity contribution in [2.45, 2.75) is 5.79 Å². The fourth-order valence-electron chi connectivity index (χ4n) is 4.20. The summed E-state index contributed by atoms with van der Waals surface area (Å²) in [6.07, 6.45) is 0. The summed E-state index contributed by atoms with van der Waals surface area (Å²) < 4.78 is 12.5. The predicted molar refractivity (Wildman–Crippen MR) is 128 cm³/mol. The van der Waals surface area contributed by atoms with E-state index in [0.717, 1.165) is 4.90 Å². The first kappa shape index (κ1) is 19.9. The molecule has 34 heavy (non-hydrogen) atoms. The van der Waals surface area contributed by atoms with E-state index in [2.05, 4.69) is 0 Å². The number of imide groups is 1. The van der Waals surface area contributed by atoms with Crippen molar-refractivity contribution in [1.29, 1.82) is 0 Å². The van der Waals surface area contributed by atoms with Crippen molar-refractivity contribution in [2.75, 3.05) is 4.90 Å². The molecule has 2 aliphatic rings. The lowest BCUT2D eigenvalue weighted by molar-refractivity contribution is -0.141. The number of hydrogen-bond donors (Lipinski definition) is 0. The van der Waals surface area contributed by atoms with Gasteiger partial charge in [0, 0.05) is 11.1 Å². The zero-order chi connectivity index (χ0) is 23.1. The maximum absolute atomic E-state index is 14.4. The van der Waals surface area contributed by atoms with Gasteiger partial charge in [0.25, 0.3) is 5.91 Å². The van der Waals surface area contributed by atoms with Crippen molar-refractivity contribution >= 4 is 28.9 Å². The lowest BCUT2D eigenvalue weighted by atomic mass is 10.0. The van der Waals surface area contributed by atoms with Crippen molar-refractivity contribution in [2.24, 2.45) is 4.99 Å². The molecule has 6 nitrogen and oxygen atoms in total. The van der Waals surface area contributed by atoms with Gasteiger partial charge in [0.05, 0.1) is 11.4 Å². The summed E-state index contributed by atoms with van der Waals surface area (Å²) >= 11 is 0. The van der Waals surface area contributed by atoms with Crippen LogP contribution < -0.4 is 14.4 Å². The van der Waals surface area contributed by atoms with E-state index in [4.69, 9.17) is 14.5 Å². The smallest absolute Gasteiger partial charge is 0.379 e. The Bertz CT molecular complexity index is 1420. The molecule has 164 valence electrons. The predicted octanol–water partition coefficient (Wildman–Crippen LogP) is 5.16. The second-order valence-electron chi connectivity index (χ2n) is 7.89. The number of carbonyl (C=O) groups is 2. The molecular formula is C28H18N2O4. The number of rotatable bonds is 2. The molecule has 6 rings (SSSR count). The number of carbonyl (C=O) groups excluding carboxylic acids is 2. The number of hydrogen-bond acceptors (Lipinski definition) is 5. The minimum atomic E-state index is -1.98. The molecule has 2 heterocycles. The standard InChI is InChI=1S/C28H18N2O4/c31-26(20-13-5-2-6-14-20)30-22-16-8-7-15-21(22)29-25(19-11-3-1-4-12-19)28(27(30)32)33-23-17-9-10-18-24(23)34-28/h1-18H. The molecule has 0 radical (unpaired) electrons. The Hall–Kier alpha value is -4.71. The Morgan fingerprint density at radius 3 is 1.94 bits per heavy atom. The van der Waals surface area contributed by atoms with Crippen LogP contribution in [-0.4, -0.2) is 23.3 Å². The summed E-state index contributed by atoms with van der Waals surface area (Å²) in [5.74, 6) is -2.35. The van der Waals surface area contributed by atoms with Gasteiger partial charge in [0.1, 0.15) is 5.71 Å². The van der Waals surface area contributed by atoms with E-state index in [0.29, 0.717) is 34.0 Å². The Balaban J connectivity index is 1.61. The molecule has 0 saturated carbocycles. The SMILES string of the molecule is O=C(c1ccccc1)N1C(=O)C2(Oc3ccccc3O2)C(c2ccccc2)=Nc2ccccc21. The third kappa shape index (κ3) is 3.00. The van der Waals surface area contributed by atoms with Crippen LogP contribution in [0.15, 0.2) is 114 Å². The van der Waals surface area contributed by atoms with Gasteiger partial charge in [-0.1, -0.05) is 72.8 Å². The third-order valence-electron chi connectivity index (χ3n) is 5.78. The van der Waals surface area contributed by atoms with Crippen LogP contribution in [-0.2, 0) is 4.79 Å². The van der Waals surface area contributed by atoms with Gasteiger partial charge in [0.2, 0.25) is 0 Å². The van der Waals surface area contributed by atoms with E-state index in [1.165, 1.54) is 0 Å². The first-order chi connectivity index (χ1) is 16.7. The molecule has 1 spiro atoms. The zero-order valence-corrected chi connectivity index (χ0v) is 17.9. The molecule has 0 unspecified atom stereocenters. The molecule has 0 N–H and O–H groups in total. The largest absolute Gasteiger partial charge is 0.436 e. The average molecular weight is 446 g/mol. The van der Waals surface area contributed by atoms with Crippen molar-refractivity contribution in [3.8, 4) is 11.5 Å². The molecule has 4 aromatic carbocycles. The van der Waals surface area contributed by atoms with Gasteiger partial charge >= 0.3 is 11.7 Å². The maximum atomic E-state index is 14.4. The summed E-state index contributed by atoms with van der Waals surface area (Å²) in [5.41, 5.74) is 2.09. The quantitative estimate of drug-likeness (QED) is 0.399. The normalized spacial score (nSPS) is 15.5. The van der Waals surface area contributed by atoms with Gasteiger partial charge in [-0.2, -0.15) is 0 Å². The number of nitrogens with zero attached hydrogens (tertiary/aromatic N) is 2. The van der Waals surface area contributed by atoms with Crippen molar-refractivity contribution in [3.05, 3.63) is 120 Å². The lowest BCUT2D eigenvalue weighted by Gasteiger charge is -2.30. The van der Waals surface area contributed by atoms with E-state index in [9.17, 15) is 9.59 Å². The van der Waals surface area contributed by atoms with E-state index < -0.39 is 17.6 Å². The van der Waals surface area contributed by atoms with Crippen LogP contribution in [0, 0.1) is 0 Å². The fraction of sp³-hybridized carbons (Fsp3) is 0.0357. The third-order valence-corrected chi connectivity index (χ3v) is 5.78. The van der Waals surface area contributed by atoms with Crippen molar-refractivity contribution < 1.29 is 19.1 Å². The minimum absolute atomic E-state index is 0.269. The minimum Gasteiger partial charge on any atom is -0.436 e. The number of fused-ring (bicyclic) bond motifs is 2. The summed E-state index contributed by atoms with van der Waals surface area (Å²) in [6, 6.07) is 32.0. The van der Waals surface area contributed by atoms with Crippen LogP contribution >= 0.6 is 0 Å². The van der Waals surface area contributed by atoms with Crippen LogP contribution in [0.1, 0.15) is 15.9 Å². The van der Waals surface area contributed by atoms with Crippen LogP contribution in [0.3, 0.4) is 0 Å². The molecule has 0 aromatic heterocycles. The van der Waals surface area contributed by atoms with Gasteiger partial charge in [0.15, 0.2) is 11.5 Å². The van der Waals surface area contributed by atoms with Crippen LogP contribution in [0.2, 0.25) is 0 Å². The molecule has 0 atom stereocenters. The average Bonchev–Trinajstić information content (AvgIpc) is 3.25. The topological polar surface area (TPSA) is 68.2 Å². The van der Waals surface area contributed by atoms with Crippen LogP contribution in [0.5, 0.6) is 11.5 Å². The number of aliphatic imine (C=N–C) groups is 1. The van der Waals surface area contributed by atoms with Gasteiger partial charge in [-0.15, -0.1) is 0 Å². The number of para-hydroxylation sites is 4. The first-order valence-corrected chi connectivity index (χ1v) is 10.8. The summed E-state index contributed by atoms with van der Waals surface area (Å²) in [7, 11) is 0. The van der Waals surface area contributed by atoms with Gasteiger partial charge in [-0.3, -0.25) is 9.59 Å². The Morgan fingerprint density at radius 2 is 1.26 bits per heavy atom. The maximum Gasteiger partial charge on any atom is 0.379 e. The molecular weight excluding hydrogens is 428 g/mol. The number of amides is 2. The summed E-state index contributed by atoms with van der Waals surface area (Å²) in [5, 5.41) is 0. The zero-order valence-electron chi connectivity index (χ0n) is 17.9. The molecule has 2 amide bonds. The molecule has 0 bridgehead atoms. The van der Waals surface area contributed by atoms with E-state index in [1.807, 2.05) is 42.5 Å². The summed E-state index contributed by atoms with van der Waals surface area (Å²) in [4.78, 5) is 34.1. The van der Waals surface area contributed by atoms with E-state index >= 15 is 0 Å². The Morgan fingerprint density at radius 1 is 0.706 bits per heavy atom. The van der Waals surface area contributed by atoms with Gasteiger partial charge < -0.3 is 9.47 Å². The number of benzene rings is 4. The Labute approximate surface area is 195 Å². The number of ether oxygens (including phenoxy) is 2. The lowest BCUT2D eigenvalue weighted by Crippen LogP contribution is -2.61. The number of anilines is 1. The molecule has 0 saturated heterocycles. The highest BCUT2D eigenvalue weighted by atomic mass is 16.7. The summed E-state index contributed by atoms with van der Waals surface area (Å²) in [6.45, 7) is 0. The molecule has 2 aliphatic heterocycles. The molecule has 4 aromatic rings. The fourth-order valence-corrected chi connectivity index (χ4v) is 4.20. The second kappa shape index (κ2) is 7.71. The van der Waals surface area contributed by atoms with Crippen LogP contribution in [0.25, 0.3) is 0 Å². The molecule has 6 heteroatoms. The van der Waals surface area contributed by atoms with Gasteiger partial charge in [-0.05, 0) is 36.4 Å². The molecule has 0 fully saturated rings. The van der Waals surface area contributed by atoms with E-state index in [1.54, 1.807) is 66.7 Å². The second-order valence-corrected chi connectivity index (χ2v) is 7.89. The molecule has 0 aliphatic carbocycles. The monoisotopic (exact) mass is 446 g/mol. The highest BCUT2D eigenvalue weighted by molar-refractivity contribution is 6.33. The highest BCUT2D eigenvalue weighted by Crippen LogP contribution is 2.45. The van der Waals surface area contributed by atoms with Crippen molar-refractivity contribution in [3.63, 3.8) is 0 Å². The van der Waals surface area contributed by atoms with Crippen molar-refractivity contribution in [1.82, 2.24) is 0 Å². The first-order valence-electron chi connectivity index (χ1n) is 10.8. The Kier molecular flexibility index (Phi) is 4.52. The van der Waals surface area contributed by atoms with Crippen LogP contribution in [0.4, 0.5) is 11.4 Å². The highest BCUT2D eigenvalue weighted by Gasteiger charge is 2.59. The van der Waals surface area contributed by atoms with E-state index in [-0.39, 0.29) is 5.71 Å².